The molecule has 2 bridgehead atoms. The van der Waals surface area contributed by atoms with Crippen molar-refractivity contribution >= 4 is 22.7 Å². The smallest absolute Gasteiger partial charge is 0.311 e. The van der Waals surface area contributed by atoms with Gasteiger partial charge in [-0.15, -0.1) is 0 Å². The van der Waals surface area contributed by atoms with Crippen LogP contribution in [0, 0.1) is 11.8 Å². The fourth-order valence-corrected chi connectivity index (χ4v) is 4.71. The van der Waals surface area contributed by atoms with E-state index in [2.05, 4.69) is 23.0 Å². The van der Waals surface area contributed by atoms with Crippen molar-refractivity contribution in [1.82, 2.24) is 9.88 Å². The standard InChI is InChI=1S/C21H24N2O3/c1-4-12-11-23(2)17-9-15-13-7-5-6-8-16(13)22-20(15)18(24)10-14(12)19(17)21(25)26-3/h5-8,11,14,17,19,22H,4,9-10H2,1-3H3/t14-,17-,19?/m0/s1. The molecule has 1 aliphatic heterocycles. The molecule has 0 saturated heterocycles. The molecule has 2 aromatic rings. The SMILES string of the molecule is CCC1=CN(C)[C@H]2Cc3c([nH]c4ccccc34)C(=O)C[C@@H]1C2C(=O)OC. The number of Topliss-reactive ketones (excluding diaryl/α,β-unsaturated/α-hetero) is 1. The summed E-state index contributed by atoms with van der Waals surface area (Å²) in [5.41, 5.74) is 3.84. The quantitative estimate of drug-likeness (QED) is 0.843. The van der Waals surface area contributed by atoms with Gasteiger partial charge in [-0.25, -0.2) is 0 Å². The van der Waals surface area contributed by atoms with E-state index in [1.807, 2.05) is 31.3 Å². The number of aromatic nitrogens is 1. The number of esters is 1. The highest BCUT2D eigenvalue weighted by atomic mass is 16.5. The second-order valence-corrected chi connectivity index (χ2v) is 7.30. The number of carbonyl (C=O) groups is 2. The molecule has 1 unspecified atom stereocenters. The minimum absolute atomic E-state index is 0.0196. The molecule has 3 atom stereocenters. The molecule has 0 amide bonds. The number of carbonyl (C=O) groups excluding carboxylic acids is 2. The number of nitrogens with one attached hydrogen (secondary N) is 1. The lowest BCUT2D eigenvalue weighted by Gasteiger charge is -2.43. The minimum Gasteiger partial charge on any atom is -0.469 e. The summed E-state index contributed by atoms with van der Waals surface area (Å²) in [6, 6.07) is 7.97. The summed E-state index contributed by atoms with van der Waals surface area (Å²) < 4.78 is 5.14. The first-order valence-electron chi connectivity index (χ1n) is 9.18. The van der Waals surface area contributed by atoms with Crippen molar-refractivity contribution < 1.29 is 14.3 Å². The van der Waals surface area contributed by atoms with Crippen molar-refractivity contribution in [1.29, 1.82) is 0 Å². The Bertz CT molecular complexity index is 911. The predicted octanol–water partition coefficient (Wildman–Crippen LogP) is 3.31. The van der Waals surface area contributed by atoms with E-state index in [4.69, 9.17) is 4.74 Å². The molecule has 26 heavy (non-hydrogen) atoms. The van der Waals surface area contributed by atoms with Gasteiger partial charge >= 0.3 is 5.97 Å². The summed E-state index contributed by atoms with van der Waals surface area (Å²) in [5.74, 6) is -0.559. The van der Waals surface area contributed by atoms with Crippen molar-refractivity contribution in [2.45, 2.75) is 32.2 Å². The number of allylic oxidation sites excluding steroid dienone is 1. The number of ketones is 1. The molecule has 0 saturated carbocycles. The summed E-state index contributed by atoms with van der Waals surface area (Å²) in [6.45, 7) is 2.08. The lowest BCUT2D eigenvalue weighted by Crippen LogP contribution is -2.50. The van der Waals surface area contributed by atoms with Crippen LogP contribution in [0.4, 0.5) is 0 Å². The van der Waals surface area contributed by atoms with E-state index >= 15 is 0 Å². The van der Waals surface area contributed by atoms with Crippen LogP contribution in [0.3, 0.4) is 0 Å². The third-order valence-corrected chi connectivity index (χ3v) is 6.01. The number of methoxy groups -OCH3 is 1. The normalized spacial score (nSPS) is 25.3. The minimum atomic E-state index is -0.323. The van der Waals surface area contributed by atoms with Crippen LogP contribution in [-0.2, 0) is 16.0 Å². The van der Waals surface area contributed by atoms with Gasteiger partial charge in [0.05, 0.1) is 18.7 Å². The molecule has 1 aliphatic carbocycles. The highest BCUT2D eigenvalue weighted by Crippen LogP contribution is 2.41. The summed E-state index contributed by atoms with van der Waals surface area (Å²) in [5, 5.41) is 1.07. The van der Waals surface area contributed by atoms with E-state index in [9.17, 15) is 9.59 Å². The van der Waals surface area contributed by atoms with Gasteiger partial charge in [-0.3, -0.25) is 9.59 Å². The van der Waals surface area contributed by atoms with Crippen LogP contribution in [0.5, 0.6) is 0 Å². The van der Waals surface area contributed by atoms with Gasteiger partial charge in [0, 0.05) is 36.3 Å². The lowest BCUT2D eigenvalue weighted by molar-refractivity contribution is -0.150. The zero-order valence-corrected chi connectivity index (χ0v) is 15.4. The summed E-state index contributed by atoms with van der Waals surface area (Å²) in [7, 11) is 3.45. The maximum Gasteiger partial charge on any atom is 0.311 e. The van der Waals surface area contributed by atoms with Crippen molar-refractivity contribution in [3.8, 4) is 0 Å². The van der Waals surface area contributed by atoms with Crippen LogP contribution in [0.1, 0.15) is 35.8 Å². The van der Waals surface area contributed by atoms with Crippen molar-refractivity contribution in [2.24, 2.45) is 11.8 Å². The maximum atomic E-state index is 13.1. The van der Waals surface area contributed by atoms with Gasteiger partial charge in [0.15, 0.2) is 5.78 Å². The van der Waals surface area contributed by atoms with Crippen molar-refractivity contribution in [2.75, 3.05) is 14.2 Å². The molecule has 0 radical (unpaired) electrons. The molecule has 1 aromatic carbocycles. The van der Waals surface area contributed by atoms with Crippen LogP contribution in [0.25, 0.3) is 10.9 Å². The molecule has 2 heterocycles. The number of likely N-dealkylation sites (N-methyl/N-ethyl adjacent to an activating group) is 1. The molecule has 1 N–H and O–H groups in total. The van der Waals surface area contributed by atoms with Gasteiger partial charge in [-0.1, -0.05) is 30.7 Å². The lowest BCUT2D eigenvalue weighted by atomic mass is 9.71. The van der Waals surface area contributed by atoms with Crippen molar-refractivity contribution in [3.63, 3.8) is 0 Å². The number of ether oxygens (including phenoxy) is 1. The number of aromatic amines is 1. The van der Waals surface area contributed by atoms with Gasteiger partial charge < -0.3 is 14.6 Å². The second kappa shape index (κ2) is 6.31. The number of rotatable bonds is 2. The van der Waals surface area contributed by atoms with Crippen LogP contribution in [0.2, 0.25) is 0 Å². The number of hydrogen-bond donors (Lipinski definition) is 1. The van der Waals surface area contributed by atoms with E-state index in [-0.39, 0.29) is 29.6 Å². The molecule has 1 aromatic heterocycles. The van der Waals surface area contributed by atoms with Crippen LogP contribution in [0.15, 0.2) is 36.0 Å². The largest absolute Gasteiger partial charge is 0.469 e. The Kier molecular flexibility index (Phi) is 4.10. The van der Waals surface area contributed by atoms with Gasteiger partial charge in [0.25, 0.3) is 0 Å². The number of nitrogens with zero attached hydrogens (tertiary/aromatic N) is 1. The van der Waals surface area contributed by atoms with Crippen LogP contribution < -0.4 is 0 Å². The topological polar surface area (TPSA) is 62.4 Å². The third kappa shape index (κ3) is 2.45. The molecule has 2 aliphatic rings. The number of hydrogen-bond acceptors (Lipinski definition) is 4. The summed E-state index contributed by atoms with van der Waals surface area (Å²) in [6.07, 6.45) is 3.93. The second-order valence-electron chi connectivity index (χ2n) is 7.30. The number of benzene rings is 1. The average molecular weight is 352 g/mol. The van der Waals surface area contributed by atoms with Crippen LogP contribution >= 0.6 is 0 Å². The maximum absolute atomic E-state index is 13.1. The number of H-pyrrole nitrogens is 1. The molecule has 5 nitrogen and oxygen atoms in total. The van der Waals surface area contributed by atoms with Gasteiger partial charge in [0.1, 0.15) is 0 Å². The fraction of sp³-hybridized carbons (Fsp3) is 0.429. The molecule has 136 valence electrons. The Hall–Kier alpha value is -2.56. The average Bonchev–Trinajstić information content (AvgIpc) is 3.01. The monoisotopic (exact) mass is 352 g/mol. The van der Waals surface area contributed by atoms with Gasteiger partial charge in [0.2, 0.25) is 0 Å². The van der Waals surface area contributed by atoms with E-state index in [1.54, 1.807) is 0 Å². The first kappa shape index (κ1) is 16.9. The highest BCUT2D eigenvalue weighted by Gasteiger charge is 2.45. The molecule has 0 fully saturated rings. The molecule has 0 spiro atoms. The van der Waals surface area contributed by atoms with Gasteiger partial charge in [-0.2, -0.15) is 0 Å². The van der Waals surface area contributed by atoms with Crippen molar-refractivity contribution in [3.05, 3.63) is 47.3 Å². The Balaban J connectivity index is 1.90. The fourth-order valence-electron chi connectivity index (χ4n) is 4.71. The predicted molar refractivity (Wildman–Crippen MR) is 99.9 cm³/mol. The molecular formula is C21H24N2O3. The van der Waals surface area contributed by atoms with E-state index in [0.717, 1.165) is 28.5 Å². The Labute approximate surface area is 153 Å². The van der Waals surface area contributed by atoms with Crippen LogP contribution in [-0.4, -0.2) is 41.8 Å². The summed E-state index contributed by atoms with van der Waals surface area (Å²) >= 11 is 0. The van der Waals surface area contributed by atoms with E-state index < -0.39 is 0 Å². The molecule has 4 rings (SSSR count). The molecule has 5 heteroatoms. The summed E-state index contributed by atoms with van der Waals surface area (Å²) in [4.78, 5) is 31.2. The zero-order valence-electron chi connectivity index (χ0n) is 15.4. The number of para-hydroxylation sites is 1. The van der Waals surface area contributed by atoms with E-state index in [1.165, 1.54) is 7.11 Å². The van der Waals surface area contributed by atoms with Gasteiger partial charge in [-0.05, 0) is 30.7 Å². The molecular weight excluding hydrogens is 328 g/mol. The Morgan fingerprint density at radius 2 is 2.08 bits per heavy atom. The first-order valence-corrected chi connectivity index (χ1v) is 9.18. The van der Waals surface area contributed by atoms with E-state index in [0.29, 0.717) is 18.5 Å². The Morgan fingerprint density at radius 1 is 1.31 bits per heavy atom. The number of fused-ring (bicyclic) bond motifs is 5. The Morgan fingerprint density at radius 3 is 2.81 bits per heavy atom. The zero-order chi connectivity index (χ0) is 18.4. The highest BCUT2D eigenvalue weighted by molar-refractivity contribution is 6.03. The first-order chi connectivity index (χ1) is 12.5. The third-order valence-electron chi connectivity index (χ3n) is 6.01.